The van der Waals surface area contributed by atoms with Gasteiger partial charge in [-0.2, -0.15) is 0 Å². The normalized spacial score (nSPS) is 16.8. The number of aliphatic hydroxyl groups is 1. The molecule has 138 valence electrons. The number of nitrogens with zero attached hydrogens (tertiary/aromatic N) is 1. The minimum atomic E-state index is -0.232. The average molecular weight is 354 g/mol. The molecule has 1 fully saturated rings. The molecule has 1 heterocycles. The lowest BCUT2D eigenvalue weighted by Gasteiger charge is -2.33. The van der Waals surface area contributed by atoms with E-state index in [1.165, 1.54) is 0 Å². The molecule has 26 heavy (non-hydrogen) atoms. The number of anilines is 1. The Morgan fingerprint density at radius 3 is 2.46 bits per heavy atom. The number of carbonyl (C=O) groups is 1. The summed E-state index contributed by atoms with van der Waals surface area (Å²) in [6.07, 6.45) is 1.22. The van der Waals surface area contributed by atoms with Gasteiger partial charge in [-0.3, -0.25) is 9.69 Å². The molecule has 0 spiro atoms. The van der Waals surface area contributed by atoms with E-state index in [-0.39, 0.29) is 18.1 Å². The van der Waals surface area contributed by atoms with Gasteiger partial charge in [0.25, 0.3) is 0 Å². The molecular weight excluding hydrogens is 328 g/mol. The van der Waals surface area contributed by atoms with Gasteiger partial charge in [-0.05, 0) is 49.6 Å². The molecule has 1 amide bonds. The Morgan fingerprint density at radius 2 is 1.81 bits per heavy atom. The van der Waals surface area contributed by atoms with Crippen molar-refractivity contribution in [3.05, 3.63) is 60.2 Å². The van der Waals surface area contributed by atoms with Crippen LogP contribution in [-0.2, 0) is 11.4 Å². The van der Waals surface area contributed by atoms with Crippen LogP contribution in [0.3, 0.4) is 0 Å². The van der Waals surface area contributed by atoms with Gasteiger partial charge in [0.15, 0.2) is 0 Å². The minimum absolute atomic E-state index is 0.0284. The molecule has 0 radical (unpaired) electrons. The molecule has 0 aromatic heterocycles. The van der Waals surface area contributed by atoms with E-state index in [0.717, 1.165) is 42.9 Å². The molecule has 1 aliphatic heterocycles. The maximum Gasteiger partial charge on any atom is 0.241 e. The third kappa shape index (κ3) is 5.07. The van der Waals surface area contributed by atoms with Crippen LogP contribution in [0.5, 0.6) is 5.75 Å². The van der Waals surface area contributed by atoms with Gasteiger partial charge >= 0.3 is 0 Å². The Morgan fingerprint density at radius 1 is 1.15 bits per heavy atom. The molecule has 2 aromatic carbocycles. The van der Waals surface area contributed by atoms with Crippen LogP contribution in [0, 0.1) is 0 Å². The molecule has 5 heteroatoms. The number of benzene rings is 2. The first kappa shape index (κ1) is 18.4. The first-order chi connectivity index (χ1) is 12.6. The molecule has 1 unspecified atom stereocenters. The van der Waals surface area contributed by atoms with Crippen molar-refractivity contribution in [1.82, 2.24) is 4.90 Å². The summed E-state index contributed by atoms with van der Waals surface area (Å²) in [5, 5.41) is 12.5. The predicted molar refractivity (Wildman–Crippen MR) is 102 cm³/mol. The lowest BCUT2D eigenvalue weighted by molar-refractivity contribution is -0.121. The number of nitrogens with one attached hydrogen (secondary N) is 1. The number of rotatable bonds is 6. The molecule has 2 N–H and O–H groups in total. The van der Waals surface area contributed by atoms with Gasteiger partial charge in [0.1, 0.15) is 12.4 Å². The standard InChI is InChI=1S/C21H26N2O3/c1-16(23-13-11-19(24)12-14-23)21(25)22-18-7-9-20(10-8-18)26-15-17-5-3-2-4-6-17/h2-10,16,19,24H,11-15H2,1H3,(H,22,25). The van der Waals surface area contributed by atoms with Gasteiger partial charge in [0, 0.05) is 18.8 Å². The van der Waals surface area contributed by atoms with E-state index >= 15 is 0 Å². The zero-order chi connectivity index (χ0) is 18.4. The van der Waals surface area contributed by atoms with Gasteiger partial charge in [0.05, 0.1) is 12.1 Å². The maximum absolute atomic E-state index is 12.4. The molecule has 1 saturated heterocycles. The van der Waals surface area contributed by atoms with E-state index in [9.17, 15) is 9.90 Å². The highest BCUT2D eigenvalue weighted by atomic mass is 16.5. The summed E-state index contributed by atoms with van der Waals surface area (Å²) in [6, 6.07) is 17.2. The second-order valence-electron chi connectivity index (χ2n) is 6.73. The van der Waals surface area contributed by atoms with E-state index < -0.39 is 0 Å². The number of piperidine rings is 1. The average Bonchev–Trinajstić information content (AvgIpc) is 2.68. The van der Waals surface area contributed by atoms with E-state index in [1.807, 2.05) is 61.5 Å². The summed E-state index contributed by atoms with van der Waals surface area (Å²) in [7, 11) is 0. The third-order valence-corrected chi connectivity index (χ3v) is 4.80. The Bertz CT molecular complexity index is 695. The summed E-state index contributed by atoms with van der Waals surface area (Å²) in [5.41, 5.74) is 1.87. The van der Waals surface area contributed by atoms with Crippen molar-refractivity contribution in [3.63, 3.8) is 0 Å². The van der Waals surface area contributed by atoms with Crippen molar-refractivity contribution in [3.8, 4) is 5.75 Å². The molecule has 0 bridgehead atoms. The summed E-state index contributed by atoms with van der Waals surface area (Å²) in [4.78, 5) is 14.6. The van der Waals surface area contributed by atoms with Crippen LogP contribution in [0.1, 0.15) is 25.3 Å². The van der Waals surface area contributed by atoms with Crippen molar-refractivity contribution in [2.45, 2.75) is 38.5 Å². The summed E-state index contributed by atoms with van der Waals surface area (Å²) < 4.78 is 5.76. The number of ether oxygens (including phenoxy) is 1. The van der Waals surface area contributed by atoms with Crippen LogP contribution in [-0.4, -0.2) is 41.1 Å². The summed E-state index contributed by atoms with van der Waals surface area (Å²) >= 11 is 0. The number of amides is 1. The van der Waals surface area contributed by atoms with Gasteiger partial charge < -0.3 is 15.2 Å². The van der Waals surface area contributed by atoms with E-state index in [1.54, 1.807) is 0 Å². The first-order valence-corrected chi connectivity index (χ1v) is 9.11. The smallest absolute Gasteiger partial charge is 0.241 e. The molecule has 2 aromatic rings. The Kier molecular flexibility index (Phi) is 6.26. The zero-order valence-corrected chi connectivity index (χ0v) is 15.1. The van der Waals surface area contributed by atoms with E-state index in [4.69, 9.17) is 4.74 Å². The fraction of sp³-hybridized carbons (Fsp3) is 0.381. The Balaban J connectivity index is 1.49. The number of carbonyl (C=O) groups excluding carboxylic acids is 1. The second kappa shape index (κ2) is 8.83. The number of likely N-dealkylation sites (tertiary alicyclic amines) is 1. The minimum Gasteiger partial charge on any atom is -0.489 e. The fourth-order valence-electron chi connectivity index (χ4n) is 3.06. The van der Waals surface area contributed by atoms with Crippen molar-refractivity contribution in [1.29, 1.82) is 0 Å². The van der Waals surface area contributed by atoms with Crippen LogP contribution in [0.25, 0.3) is 0 Å². The highest BCUT2D eigenvalue weighted by Gasteiger charge is 2.25. The quantitative estimate of drug-likeness (QED) is 0.837. The molecule has 5 nitrogen and oxygen atoms in total. The van der Waals surface area contributed by atoms with Gasteiger partial charge in [-0.1, -0.05) is 30.3 Å². The number of hydrogen-bond donors (Lipinski definition) is 2. The SMILES string of the molecule is CC(C(=O)Nc1ccc(OCc2ccccc2)cc1)N1CCC(O)CC1. The number of hydrogen-bond acceptors (Lipinski definition) is 4. The van der Waals surface area contributed by atoms with Gasteiger partial charge in [-0.15, -0.1) is 0 Å². The molecule has 0 saturated carbocycles. The molecule has 1 atom stereocenters. The third-order valence-electron chi connectivity index (χ3n) is 4.80. The van der Waals surface area contributed by atoms with E-state index in [2.05, 4.69) is 10.2 Å². The van der Waals surface area contributed by atoms with Crippen LogP contribution in [0.4, 0.5) is 5.69 Å². The van der Waals surface area contributed by atoms with Gasteiger partial charge in [0.2, 0.25) is 5.91 Å². The van der Waals surface area contributed by atoms with Crippen LogP contribution < -0.4 is 10.1 Å². The number of aliphatic hydroxyl groups excluding tert-OH is 1. The van der Waals surface area contributed by atoms with Crippen LogP contribution >= 0.6 is 0 Å². The van der Waals surface area contributed by atoms with Crippen molar-refractivity contribution in [2.75, 3.05) is 18.4 Å². The molecule has 1 aliphatic rings. The van der Waals surface area contributed by atoms with Crippen LogP contribution in [0.15, 0.2) is 54.6 Å². The summed E-state index contributed by atoms with van der Waals surface area (Å²) in [6.45, 7) is 3.93. The van der Waals surface area contributed by atoms with E-state index in [0.29, 0.717) is 6.61 Å². The monoisotopic (exact) mass is 354 g/mol. The highest BCUT2D eigenvalue weighted by Crippen LogP contribution is 2.19. The van der Waals surface area contributed by atoms with Crippen LogP contribution in [0.2, 0.25) is 0 Å². The topological polar surface area (TPSA) is 61.8 Å². The second-order valence-corrected chi connectivity index (χ2v) is 6.73. The largest absolute Gasteiger partial charge is 0.489 e. The van der Waals surface area contributed by atoms with Crippen molar-refractivity contribution >= 4 is 11.6 Å². The molecule has 3 rings (SSSR count). The van der Waals surface area contributed by atoms with Crippen molar-refractivity contribution < 1.29 is 14.6 Å². The zero-order valence-electron chi connectivity index (χ0n) is 15.1. The predicted octanol–water partition coefficient (Wildman–Crippen LogP) is 3.05. The maximum atomic E-state index is 12.4. The summed E-state index contributed by atoms with van der Waals surface area (Å²) in [5.74, 6) is 0.740. The molecular formula is C21H26N2O3. The fourth-order valence-corrected chi connectivity index (χ4v) is 3.06. The lowest BCUT2D eigenvalue weighted by Crippen LogP contribution is -2.47. The Hall–Kier alpha value is -2.37. The lowest BCUT2D eigenvalue weighted by atomic mass is 10.1. The molecule has 0 aliphatic carbocycles. The van der Waals surface area contributed by atoms with Gasteiger partial charge in [-0.25, -0.2) is 0 Å². The van der Waals surface area contributed by atoms with Crippen molar-refractivity contribution in [2.24, 2.45) is 0 Å². The highest BCUT2D eigenvalue weighted by molar-refractivity contribution is 5.94. The Labute approximate surface area is 154 Å². The first-order valence-electron chi connectivity index (χ1n) is 9.11.